The van der Waals surface area contributed by atoms with Crippen LogP contribution in [-0.2, 0) is 0 Å². The second kappa shape index (κ2) is 4.73. The van der Waals surface area contributed by atoms with E-state index in [0.717, 1.165) is 13.0 Å². The van der Waals surface area contributed by atoms with Crippen LogP contribution >= 0.6 is 0 Å². The lowest BCUT2D eigenvalue weighted by atomic mass is 10.3. The maximum absolute atomic E-state index is 5.59. The molecule has 3 heteroatoms. The molecule has 0 aliphatic rings. The molecule has 0 saturated carbocycles. The number of nitrogens with two attached hydrogens (primary N) is 2. The fourth-order valence-corrected chi connectivity index (χ4v) is 0.614. The molecule has 4 N–H and O–H groups in total. The van der Waals surface area contributed by atoms with Gasteiger partial charge in [-0.05, 0) is 13.3 Å². The first-order valence-corrected chi connectivity index (χ1v) is 3.43. The standard InChI is InChI=1S/C6H17N3/c1-3-4-9(8)6(2)5-7/h6H,3-5,7-8H2,1-2H3. The van der Waals surface area contributed by atoms with Crippen molar-refractivity contribution < 1.29 is 0 Å². The molecular formula is C6H17N3. The Kier molecular flexibility index (Phi) is 4.67. The highest BCUT2D eigenvalue weighted by Gasteiger charge is 2.04. The van der Waals surface area contributed by atoms with E-state index in [9.17, 15) is 0 Å². The average molecular weight is 131 g/mol. The van der Waals surface area contributed by atoms with Crippen molar-refractivity contribution in [1.29, 1.82) is 0 Å². The molecule has 3 nitrogen and oxygen atoms in total. The van der Waals surface area contributed by atoms with Gasteiger partial charge in [0.1, 0.15) is 0 Å². The average Bonchev–Trinajstić information content (AvgIpc) is 1.87. The summed E-state index contributed by atoms with van der Waals surface area (Å²) >= 11 is 0. The van der Waals surface area contributed by atoms with Crippen LogP contribution in [0.4, 0.5) is 0 Å². The Bertz CT molecular complexity index is 65.3. The fourth-order valence-electron chi connectivity index (χ4n) is 0.614. The second-order valence-electron chi connectivity index (χ2n) is 2.32. The third-order valence-corrected chi connectivity index (χ3v) is 1.39. The summed E-state index contributed by atoms with van der Waals surface area (Å²) in [6.45, 7) is 5.69. The van der Waals surface area contributed by atoms with Crippen molar-refractivity contribution in [2.24, 2.45) is 11.6 Å². The van der Waals surface area contributed by atoms with E-state index in [0.29, 0.717) is 12.6 Å². The third-order valence-electron chi connectivity index (χ3n) is 1.39. The summed E-state index contributed by atoms with van der Waals surface area (Å²) in [6, 6.07) is 0.310. The van der Waals surface area contributed by atoms with Gasteiger partial charge in [-0.15, -0.1) is 0 Å². The molecule has 0 aromatic heterocycles. The van der Waals surface area contributed by atoms with Gasteiger partial charge in [0.2, 0.25) is 0 Å². The summed E-state index contributed by atoms with van der Waals surface area (Å²) in [7, 11) is 0. The van der Waals surface area contributed by atoms with Crippen molar-refractivity contribution in [3.63, 3.8) is 0 Å². The van der Waals surface area contributed by atoms with Crippen molar-refractivity contribution in [2.45, 2.75) is 26.3 Å². The SMILES string of the molecule is CCCN(N)C(C)CN. The van der Waals surface area contributed by atoms with Crippen molar-refractivity contribution in [2.75, 3.05) is 13.1 Å². The van der Waals surface area contributed by atoms with Crippen molar-refractivity contribution in [3.8, 4) is 0 Å². The van der Waals surface area contributed by atoms with Gasteiger partial charge in [-0.1, -0.05) is 6.92 Å². The molecule has 0 aromatic rings. The summed E-state index contributed by atoms with van der Waals surface area (Å²) in [5.41, 5.74) is 5.38. The van der Waals surface area contributed by atoms with Crippen LogP contribution in [0.3, 0.4) is 0 Å². The predicted molar refractivity (Wildman–Crippen MR) is 39.7 cm³/mol. The number of nitrogens with zero attached hydrogens (tertiary/aromatic N) is 1. The van der Waals surface area contributed by atoms with Crippen molar-refractivity contribution in [1.82, 2.24) is 5.01 Å². The molecule has 1 atom stereocenters. The van der Waals surface area contributed by atoms with Gasteiger partial charge in [-0.2, -0.15) is 0 Å². The normalized spacial score (nSPS) is 14.3. The van der Waals surface area contributed by atoms with Gasteiger partial charge < -0.3 is 5.73 Å². The molecule has 1 unspecified atom stereocenters. The Balaban J connectivity index is 3.32. The molecule has 9 heavy (non-hydrogen) atoms. The molecule has 0 rings (SSSR count). The van der Waals surface area contributed by atoms with Gasteiger partial charge in [-0.25, -0.2) is 5.01 Å². The predicted octanol–water partition coefficient (Wildman–Crippen LogP) is -0.0807. The Hall–Kier alpha value is -0.120. The lowest BCUT2D eigenvalue weighted by Crippen LogP contribution is -2.43. The van der Waals surface area contributed by atoms with Gasteiger partial charge in [0, 0.05) is 19.1 Å². The number of rotatable bonds is 4. The summed E-state index contributed by atoms with van der Waals surface area (Å²) in [4.78, 5) is 0. The molecule has 0 radical (unpaired) electrons. The quantitative estimate of drug-likeness (QED) is 0.414. The van der Waals surface area contributed by atoms with E-state index in [2.05, 4.69) is 6.92 Å². The van der Waals surface area contributed by atoms with Gasteiger partial charge >= 0.3 is 0 Å². The molecule has 56 valence electrons. The number of hydrogen-bond donors (Lipinski definition) is 2. The van der Waals surface area contributed by atoms with Crippen LogP contribution in [-0.4, -0.2) is 24.1 Å². The zero-order valence-electron chi connectivity index (χ0n) is 6.30. The number of hydrazine groups is 1. The van der Waals surface area contributed by atoms with E-state index in [1.807, 2.05) is 6.92 Å². The lowest BCUT2D eigenvalue weighted by Gasteiger charge is -2.21. The van der Waals surface area contributed by atoms with Crippen LogP contribution in [0, 0.1) is 0 Å². The third kappa shape index (κ3) is 3.46. The molecule has 0 aliphatic carbocycles. The first-order chi connectivity index (χ1) is 4.22. The molecule has 0 fully saturated rings. The fraction of sp³-hybridized carbons (Fsp3) is 1.00. The first kappa shape index (κ1) is 8.88. The highest BCUT2D eigenvalue weighted by atomic mass is 15.4. The highest BCUT2D eigenvalue weighted by molar-refractivity contribution is 4.59. The lowest BCUT2D eigenvalue weighted by molar-refractivity contribution is 0.219. The molecule has 0 heterocycles. The summed E-state index contributed by atoms with van der Waals surface area (Å²) in [6.07, 6.45) is 1.08. The zero-order chi connectivity index (χ0) is 7.28. The minimum atomic E-state index is 0.310. The highest BCUT2D eigenvalue weighted by Crippen LogP contribution is 1.89. The Morgan fingerprint density at radius 2 is 2.11 bits per heavy atom. The van der Waals surface area contributed by atoms with Crippen LogP contribution in [0.5, 0.6) is 0 Å². The van der Waals surface area contributed by atoms with E-state index in [-0.39, 0.29) is 0 Å². The van der Waals surface area contributed by atoms with Gasteiger partial charge in [0.05, 0.1) is 0 Å². The smallest absolute Gasteiger partial charge is 0.0335 e. The van der Waals surface area contributed by atoms with Crippen LogP contribution in [0.25, 0.3) is 0 Å². The van der Waals surface area contributed by atoms with Crippen molar-refractivity contribution >= 4 is 0 Å². The molecule has 0 saturated heterocycles. The molecule has 0 aromatic carbocycles. The molecular weight excluding hydrogens is 114 g/mol. The van der Waals surface area contributed by atoms with E-state index in [1.54, 1.807) is 5.01 Å². The topological polar surface area (TPSA) is 55.3 Å². The number of hydrogen-bond acceptors (Lipinski definition) is 3. The zero-order valence-corrected chi connectivity index (χ0v) is 6.30. The van der Waals surface area contributed by atoms with E-state index in [1.165, 1.54) is 0 Å². The summed E-state index contributed by atoms with van der Waals surface area (Å²) < 4.78 is 0. The van der Waals surface area contributed by atoms with Gasteiger partial charge in [-0.3, -0.25) is 5.84 Å². The van der Waals surface area contributed by atoms with Crippen LogP contribution in [0.15, 0.2) is 0 Å². The van der Waals surface area contributed by atoms with E-state index < -0.39 is 0 Å². The summed E-state index contributed by atoms with van der Waals surface area (Å²) in [5.74, 6) is 5.59. The first-order valence-electron chi connectivity index (χ1n) is 3.43. The summed E-state index contributed by atoms with van der Waals surface area (Å²) in [5, 5.41) is 1.78. The van der Waals surface area contributed by atoms with Crippen LogP contribution < -0.4 is 11.6 Å². The van der Waals surface area contributed by atoms with Gasteiger partial charge in [0.25, 0.3) is 0 Å². The largest absolute Gasteiger partial charge is 0.329 e. The second-order valence-corrected chi connectivity index (χ2v) is 2.32. The van der Waals surface area contributed by atoms with Crippen LogP contribution in [0.2, 0.25) is 0 Å². The Labute approximate surface area is 57.0 Å². The Morgan fingerprint density at radius 3 is 2.44 bits per heavy atom. The molecule has 0 bridgehead atoms. The van der Waals surface area contributed by atoms with Crippen molar-refractivity contribution in [3.05, 3.63) is 0 Å². The minimum absolute atomic E-state index is 0.310. The monoisotopic (exact) mass is 131 g/mol. The molecule has 0 spiro atoms. The maximum atomic E-state index is 5.59. The van der Waals surface area contributed by atoms with E-state index in [4.69, 9.17) is 11.6 Å². The Morgan fingerprint density at radius 1 is 1.56 bits per heavy atom. The van der Waals surface area contributed by atoms with E-state index >= 15 is 0 Å². The van der Waals surface area contributed by atoms with Crippen LogP contribution in [0.1, 0.15) is 20.3 Å². The molecule has 0 aliphatic heterocycles. The minimum Gasteiger partial charge on any atom is -0.329 e. The van der Waals surface area contributed by atoms with Gasteiger partial charge in [0.15, 0.2) is 0 Å². The molecule has 0 amide bonds. The maximum Gasteiger partial charge on any atom is 0.0335 e.